The van der Waals surface area contributed by atoms with Crippen LogP contribution in [-0.4, -0.2) is 29.8 Å². The first-order valence-corrected chi connectivity index (χ1v) is 5.83. The van der Waals surface area contributed by atoms with Crippen molar-refractivity contribution in [2.24, 2.45) is 0 Å². The Morgan fingerprint density at radius 1 is 1.39 bits per heavy atom. The lowest BCUT2D eigenvalue weighted by Gasteiger charge is -2.24. The van der Waals surface area contributed by atoms with E-state index < -0.39 is 11.5 Å². The van der Waals surface area contributed by atoms with Crippen LogP contribution in [0.3, 0.4) is 0 Å². The Kier molecular flexibility index (Phi) is 5.59. The second-order valence-corrected chi connectivity index (χ2v) is 4.40. The fourth-order valence-electron chi connectivity index (χ4n) is 2.09. The zero-order chi connectivity index (χ0) is 12.1. The Morgan fingerprint density at radius 2 is 2.11 bits per heavy atom. The number of carboxylic acids is 1. The Labute approximate surface area is 113 Å². The minimum atomic E-state index is -0.880. The third kappa shape index (κ3) is 3.45. The smallest absolute Gasteiger partial charge is 0.326 e. The largest absolute Gasteiger partial charge is 0.480 e. The summed E-state index contributed by atoms with van der Waals surface area (Å²) in [5.41, 5.74) is 0.181. The third-order valence-corrected chi connectivity index (χ3v) is 3.11. The fraction of sp³-hybridized carbons (Fsp3) is 0.462. The molecule has 0 unspecified atom stereocenters. The van der Waals surface area contributed by atoms with Gasteiger partial charge in [0.1, 0.15) is 5.54 Å². The highest BCUT2D eigenvalue weighted by Gasteiger charge is 2.41. The van der Waals surface area contributed by atoms with Crippen LogP contribution in [0.25, 0.3) is 0 Å². The zero-order valence-corrected chi connectivity index (χ0v) is 10.9. The number of carbonyl (C=O) groups is 1. The molecule has 18 heavy (non-hydrogen) atoms. The van der Waals surface area contributed by atoms with E-state index in [0.29, 0.717) is 13.0 Å². The van der Waals surface area contributed by atoms with Crippen LogP contribution in [-0.2, 0) is 16.1 Å². The van der Waals surface area contributed by atoms with Crippen molar-refractivity contribution in [3.8, 4) is 0 Å². The molecule has 100 valence electrons. The van der Waals surface area contributed by atoms with Gasteiger partial charge in [0, 0.05) is 0 Å². The number of halogens is 1. The highest BCUT2D eigenvalue weighted by atomic mass is 35.5. The van der Waals surface area contributed by atoms with Gasteiger partial charge in [0.15, 0.2) is 0 Å². The van der Waals surface area contributed by atoms with Crippen LogP contribution in [0.15, 0.2) is 30.3 Å². The molecule has 0 aromatic heterocycles. The summed E-state index contributed by atoms with van der Waals surface area (Å²) in [7, 11) is 0. The molecule has 1 saturated heterocycles. The highest BCUT2D eigenvalue weighted by Crippen LogP contribution is 2.20. The minimum Gasteiger partial charge on any atom is -0.480 e. The van der Waals surface area contributed by atoms with Crippen molar-refractivity contribution in [3.63, 3.8) is 0 Å². The number of ether oxygens (including phenoxy) is 1. The molecule has 1 aromatic rings. The molecule has 0 saturated carbocycles. The maximum absolute atomic E-state index is 11.2. The van der Waals surface area contributed by atoms with E-state index in [2.05, 4.69) is 5.32 Å². The van der Waals surface area contributed by atoms with Crippen LogP contribution in [0.5, 0.6) is 0 Å². The molecule has 0 amide bonds. The Morgan fingerprint density at radius 3 is 2.67 bits per heavy atom. The predicted molar refractivity (Wildman–Crippen MR) is 70.9 cm³/mol. The lowest BCUT2D eigenvalue weighted by atomic mass is 9.99. The van der Waals surface area contributed by atoms with Gasteiger partial charge in [-0.05, 0) is 24.9 Å². The summed E-state index contributed by atoms with van der Waals surface area (Å²) in [6.07, 6.45) is 1.53. The van der Waals surface area contributed by atoms with Gasteiger partial charge in [-0.15, -0.1) is 12.4 Å². The van der Waals surface area contributed by atoms with E-state index >= 15 is 0 Å². The molecule has 2 N–H and O–H groups in total. The quantitative estimate of drug-likeness (QED) is 0.858. The Hall–Kier alpha value is -1.10. The number of benzene rings is 1. The van der Waals surface area contributed by atoms with Crippen LogP contribution in [0.4, 0.5) is 0 Å². The van der Waals surface area contributed by atoms with Crippen LogP contribution in [0.2, 0.25) is 0 Å². The maximum atomic E-state index is 11.2. The van der Waals surface area contributed by atoms with Gasteiger partial charge in [0.25, 0.3) is 0 Å². The molecule has 0 bridgehead atoms. The topological polar surface area (TPSA) is 58.6 Å². The minimum absolute atomic E-state index is 0. The van der Waals surface area contributed by atoms with Crippen molar-refractivity contribution in [3.05, 3.63) is 35.9 Å². The van der Waals surface area contributed by atoms with Gasteiger partial charge in [-0.1, -0.05) is 30.3 Å². The van der Waals surface area contributed by atoms with Gasteiger partial charge < -0.3 is 9.84 Å². The molecule has 2 rings (SSSR count). The number of hydrogen-bond donors (Lipinski definition) is 2. The number of rotatable bonds is 5. The van der Waals surface area contributed by atoms with Crippen LogP contribution in [0, 0.1) is 0 Å². The average Bonchev–Trinajstić information content (AvgIpc) is 2.80. The van der Waals surface area contributed by atoms with Crippen molar-refractivity contribution < 1.29 is 14.6 Å². The number of carboxylic acid groups (broad SMARTS) is 1. The SMILES string of the molecule is Cl.O=C(O)[C@@]1(COCc2ccccc2)CCCN1. The molecule has 1 atom stereocenters. The van der Waals surface area contributed by atoms with Crippen molar-refractivity contribution in [1.29, 1.82) is 0 Å². The van der Waals surface area contributed by atoms with Gasteiger partial charge in [-0.3, -0.25) is 10.1 Å². The summed E-state index contributed by atoms with van der Waals surface area (Å²) < 4.78 is 5.52. The zero-order valence-electron chi connectivity index (χ0n) is 10.1. The second kappa shape index (κ2) is 6.73. The first-order valence-electron chi connectivity index (χ1n) is 5.83. The summed E-state index contributed by atoms with van der Waals surface area (Å²) in [5.74, 6) is -0.817. The monoisotopic (exact) mass is 271 g/mol. The normalized spacial score (nSPS) is 22.4. The number of hydrogen-bond acceptors (Lipinski definition) is 3. The van der Waals surface area contributed by atoms with Crippen molar-refractivity contribution in [2.75, 3.05) is 13.2 Å². The molecule has 1 aliphatic rings. The first kappa shape index (κ1) is 15.0. The predicted octanol–water partition coefficient (Wildman–Crippen LogP) is 1.83. The summed E-state index contributed by atoms with van der Waals surface area (Å²) >= 11 is 0. The molecule has 0 spiro atoms. The van der Waals surface area contributed by atoms with E-state index in [9.17, 15) is 9.90 Å². The third-order valence-electron chi connectivity index (χ3n) is 3.11. The molecule has 1 heterocycles. The molecule has 0 radical (unpaired) electrons. The summed E-state index contributed by atoms with van der Waals surface area (Å²) in [5, 5.41) is 12.2. The Balaban J connectivity index is 0.00000162. The first-order chi connectivity index (χ1) is 8.23. The highest BCUT2D eigenvalue weighted by molar-refractivity contribution is 5.85. The van der Waals surface area contributed by atoms with Crippen LogP contribution < -0.4 is 5.32 Å². The van der Waals surface area contributed by atoms with Gasteiger partial charge >= 0.3 is 5.97 Å². The molecule has 4 nitrogen and oxygen atoms in total. The summed E-state index contributed by atoms with van der Waals surface area (Å²) in [4.78, 5) is 11.2. The van der Waals surface area contributed by atoms with E-state index in [-0.39, 0.29) is 19.0 Å². The van der Waals surface area contributed by atoms with Crippen molar-refractivity contribution >= 4 is 18.4 Å². The van der Waals surface area contributed by atoms with E-state index in [4.69, 9.17) is 4.74 Å². The molecular weight excluding hydrogens is 254 g/mol. The molecule has 1 fully saturated rings. The second-order valence-electron chi connectivity index (χ2n) is 4.40. The number of nitrogens with one attached hydrogen (secondary N) is 1. The molecule has 1 aliphatic heterocycles. The molecule has 0 aliphatic carbocycles. The van der Waals surface area contributed by atoms with E-state index in [0.717, 1.165) is 18.5 Å². The van der Waals surface area contributed by atoms with Crippen LogP contribution >= 0.6 is 12.4 Å². The maximum Gasteiger partial charge on any atom is 0.326 e. The van der Waals surface area contributed by atoms with Gasteiger partial charge in [0.2, 0.25) is 0 Å². The summed E-state index contributed by atoms with van der Waals surface area (Å²) in [6.45, 7) is 1.43. The van der Waals surface area contributed by atoms with Crippen molar-refractivity contribution in [2.45, 2.75) is 25.0 Å². The van der Waals surface area contributed by atoms with E-state index in [1.165, 1.54) is 0 Å². The lowest BCUT2D eigenvalue weighted by molar-refractivity contribution is -0.147. The fourth-order valence-corrected chi connectivity index (χ4v) is 2.09. The average molecular weight is 272 g/mol. The molecule has 1 aromatic carbocycles. The number of aliphatic carboxylic acids is 1. The summed E-state index contributed by atoms with van der Waals surface area (Å²) in [6, 6.07) is 9.77. The standard InChI is InChI=1S/C13H17NO3.ClH/c15-12(16)13(7-4-8-14-13)10-17-9-11-5-2-1-3-6-11;/h1-3,5-6,14H,4,7-10H2,(H,15,16);1H/t13-;/m0./s1. The van der Waals surface area contributed by atoms with E-state index in [1.54, 1.807) is 0 Å². The van der Waals surface area contributed by atoms with Gasteiger partial charge in [-0.2, -0.15) is 0 Å². The molecular formula is C13H18ClNO3. The lowest BCUT2D eigenvalue weighted by Crippen LogP contribution is -2.51. The van der Waals surface area contributed by atoms with E-state index in [1.807, 2.05) is 30.3 Å². The van der Waals surface area contributed by atoms with Crippen LogP contribution in [0.1, 0.15) is 18.4 Å². The molecule has 5 heteroatoms. The van der Waals surface area contributed by atoms with Gasteiger partial charge in [-0.25, -0.2) is 0 Å². The van der Waals surface area contributed by atoms with Crippen molar-refractivity contribution in [1.82, 2.24) is 5.32 Å². The van der Waals surface area contributed by atoms with Gasteiger partial charge in [0.05, 0.1) is 13.2 Å². The Bertz CT molecular complexity index is 377.